The van der Waals surface area contributed by atoms with Crippen LogP contribution in [0.25, 0.3) is 0 Å². The van der Waals surface area contributed by atoms with Crippen molar-refractivity contribution in [3.05, 3.63) is 47.8 Å². The van der Waals surface area contributed by atoms with Crippen LogP contribution in [-0.4, -0.2) is 46.0 Å². The number of esters is 1. The number of imidazole rings is 1. The molecule has 0 spiro atoms. The Balaban J connectivity index is 1.79. The first kappa shape index (κ1) is 20.1. The SMILES string of the molecule is COC(=O)c1ncn2c1C(=O)N(c1ccc(F)cc1)C(C)(C(=O)NC1CCCC1)C2. The molecule has 0 bridgehead atoms. The number of ether oxygens (including phenoxy) is 1. The fraction of sp³-hybridized carbons (Fsp3) is 0.429. The number of fused-ring (bicyclic) bond motifs is 1. The number of anilines is 1. The molecule has 9 heteroatoms. The molecule has 2 aromatic rings. The van der Waals surface area contributed by atoms with Gasteiger partial charge in [-0.15, -0.1) is 0 Å². The molecule has 0 radical (unpaired) electrons. The summed E-state index contributed by atoms with van der Waals surface area (Å²) in [6, 6.07) is 5.40. The third kappa shape index (κ3) is 3.24. The Labute approximate surface area is 173 Å². The summed E-state index contributed by atoms with van der Waals surface area (Å²) in [4.78, 5) is 44.4. The number of nitrogens with zero attached hydrogens (tertiary/aromatic N) is 3. The summed E-state index contributed by atoms with van der Waals surface area (Å²) in [5.41, 5.74) is -1.02. The van der Waals surface area contributed by atoms with Crippen LogP contribution in [-0.2, 0) is 16.1 Å². The largest absolute Gasteiger partial charge is 0.464 e. The Morgan fingerprint density at radius 1 is 1.23 bits per heavy atom. The molecule has 1 fully saturated rings. The zero-order valence-corrected chi connectivity index (χ0v) is 16.9. The van der Waals surface area contributed by atoms with Crippen LogP contribution in [0.15, 0.2) is 30.6 Å². The molecule has 1 unspecified atom stereocenters. The number of benzene rings is 1. The summed E-state index contributed by atoms with van der Waals surface area (Å²) in [6.07, 6.45) is 5.26. The van der Waals surface area contributed by atoms with Crippen molar-refractivity contribution in [2.75, 3.05) is 12.0 Å². The van der Waals surface area contributed by atoms with Crippen molar-refractivity contribution in [1.82, 2.24) is 14.9 Å². The number of hydrogen-bond donors (Lipinski definition) is 1. The van der Waals surface area contributed by atoms with E-state index in [1.807, 2.05) is 0 Å². The van der Waals surface area contributed by atoms with Gasteiger partial charge in [0.2, 0.25) is 5.91 Å². The molecule has 2 amide bonds. The molecule has 1 aromatic carbocycles. The fourth-order valence-electron chi connectivity index (χ4n) is 4.28. The van der Waals surface area contributed by atoms with E-state index < -0.39 is 23.2 Å². The van der Waals surface area contributed by atoms with E-state index in [1.165, 1.54) is 47.2 Å². The predicted molar refractivity (Wildman–Crippen MR) is 106 cm³/mol. The third-order valence-electron chi connectivity index (χ3n) is 5.86. The van der Waals surface area contributed by atoms with Crippen molar-refractivity contribution < 1.29 is 23.5 Å². The van der Waals surface area contributed by atoms with Gasteiger partial charge in [-0.05, 0) is 44.0 Å². The van der Waals surface area contributed by atoms with E-state index in [9.17, 15) is 18.8 Å². The van der Waals surface area contributed by atoms with Gasteiger partial charge in [-0.25, -0.2) is 14.2 Å². The van der Waals surface area contributed by atoms with E-state index in [0.29, 0.717) is 5.69 Å². The Morgan fingerprint density at radius 3 is 2.53 bits per heavy atom. The summed E-state index contributed by atoms with van der Waals surface area (Å²) in [6.45, 7) is 1.76. The predicted octanol–water partition coefficient (Wildman–Crippen LogP) is 2.29. The lowest BCUT2D eigenvalue weighted by atomic mass is 9.93. The molecule has 4 rings (SSSR count). The molecule has 2 heterocycles. The summed E-state index contributed by atoms with van der Waals surface area (Å²) >= 11 is 0. The Hall–Kier alpha value is -3.23. The van der Waals surface area contributed by atoms with Crippen LogP contribution in [0.1, 0.15) is 53.6 Å². The smallest absolute Gasteiger partial charge is 0.359 e. The second-order valence-electron chi connectivity index (χ2n) is 7.91. The van der Waals surface area contributed by atoms with Gasteiger partial charge in [0.05, 0.1) is 20.0 Å². The van der Waals surface area contributed by atoms with Crippen LogP contribution in [0.4, 0.5) is 10.1 Å². The first-order valence-corrected chi connectivity index (χ1v) is 9.89. The molecule has 1 N–H and O–H groups in total. The van der Waals surface area contributed by atoms with Gasteiger partial charge < -0.3 is 14.6 Å². The van der Waals surface area contributed by atoms with Crippen molar-refractivity contribution in [1.29, 1.82) is 0 Å². The van der Waals surface area contributed by atoms with Crippen LogP contribution in [0.5, 0.6) is 0 Å². The summed E-state index contributed by atoms with van der Waals surface area (Å²) in [5, 5.41) is 3.06. The van der Waals surface area contributed by atoms with E-state index in [-0.39, 0.29) is 29.9 Å². The van der Waals surface area contributed by atoms with E-state index in [0.717, 1.165) is 25.7 Å². The van der Waals surface area contributed by atoms with E-state index in [1.54, 1.807) is 6.92 Å². The van der Waals surface area contributed by atoms with Crippen molar-refractivity contribution in [3.8, 4) is 0 Å². The van der Waals surface area contributed by atoms with Gasteiger partial charge in [-0.2, -0.15) is 0 Å². The average molecular weight is 414 g/mol. The average Bonchev–Trinajstić information content (AvgIpc) is 3.38. The maximum atomic E-state index is 13.5. The number of halogens is 1. The number of amides is 2. The van der Waals surface area contributed by atoms with Crippen LogP contribution in [0.2, 0.25) is 0 Å². The van der Waals surface area contributed by atoms with Gasteiger partial charge in [-0.3, -0.25) is 14.5 Å². The highest BCUT2D eigenvalue weighted by atomic mass is 19.1. The van der Waals surface area contributed by atoms with Crippen molar-refractivity contribution in [3.63, 3.8) is 0 Å². The highest BCUT2D eigenvalue weighted by Crippen LogP contribution is 2.34. The molecule has 158 valence electrons. The highest BCUT2D eigenvalue weighted by Gasteiger charge is 2.50. The maximum absolute atomic E-state index is 13.5. The number of nitrogens with one attached hydrogen (secondary N) is 1. The molecule has 2 aliphatic rings. The zero-order valence-electron chi connectivity index (χ0n) is 16.9. The minimum atomic E-state index is -1.29. The lowest BCUT2D eigenvalue weighted by Gasteiger charge is -2.44. The van der Waals surface area contributed by atoms with E-state index in [2.05, 4.69) is 10.3 Å². The van der Waals surface area contributed by atoms with Gasteiger partial charge in [0, 0.05) is 11.7 Å². The number of methoxy groups -OCH3 is 1. The topological polar surface area (TPSA) is 93.5 Å². The van der Waals surface area contributed by atoms with Crippen molar-refractivity contribution in [2.45, 2.75) is 50.7 Å². The Bertz CT molecular complexity index is 997. The second kappa shape index (κ2) is 7.55. The number of aromatic nitrogens is 2. The summed E-state index contributed by atoms with van der Waals surface area (Å²) < 4.78 is 19.8. The van der Waals surface area contributed by atoms with Crippen LogP contribution in [0, 0.1) is 5.82 Å². The fourth-order valence-corrected chi connectivity index (χ4v) is 4.28. The summed E-state index contributed by atoms with van der Waals surface area (Å²) in [5.74, 6) is -2.07. The van der Waals surface area contributed by atoms with Crippen LogP contribution >= 0.6 is 0 Å². The molecular weight excluding hydrogens is 391 g/mol. The first-order chi connectivity index (χ1) is 14.3. The molecule has 0 saturated heterocycles. The third-order valence-corrected chi connectivity index (χ3v) is 5.86. The molecule has 1 aliphatic heterocycles. The van der Waals surface area contributed by atoms with Crippen LogP contribution in [0.3, 0.4) is 0 Å². The number of carbonyl (C=O) groups is 3. The molecule has 1 atom stereocenters. The lowest BCUT2D eigenvalue weighted by molar-refractivity contribution is -0.127. The quantitative estimate of drug-likeness (QED) is 0.775. The molecule has 1 aromatic heterocycles. The van der Waals surface area contributed by atoms with Crippen molar-refractivity contribution in [2.24, 2.45) is 0 Å². The molecular formula is C21H23FN4O4. The van der Waals surface area contributed by atoms with Gasteiger partial charge >= 0.3 is 5.97 Å². The molecule has 30 heavy (non-hydrogen) atoms. The standard InChI is InChI=1S/C21H23FN4O4/c1-21(20(29)24-14-5-3-4-6-14)11-25-12-23-16(19(28)30-2)17(25)18(27)26(21)15-9-7-13(22)8-10-15/h7-10,12,14H,3-6,11H2,1-2H3,(H,24,29). The van der Waals surface area contributed by atoms with Gasteiger partial charge in [0.1, 0.15) is 17.1 Å². The van der Waals surface area contributed by atoms with Crippen molar-refractivity contribution >= 4 is 23.5 Å². The Morgan fingerprint density at radius 2 is 1.90 bits per heavy atom. The van der Waals surface area contributed by atoms with Crippen LogP contribution < -0.4 is 10.2 Å². The van der Waals surface area contributed by atoms with E-state index >= 15 is 0 Å². The normalized spacial score (nSPS) is 21.4. The molecule has 1 aliphatic carbocycles. The van der Waals surface area contributed by atoms with Gasteiger partial charge in [0.15, 0.2) is 5.69 Å². The molecule has 8 nitrogen and oxygen atoms in total. The number of hydrogen-bond acceptors (Lipinski definition) is 5. The first-order valence-electron chi connectivity index (χ1n) is 9.89. The minimum Gasteiger partial charge on any atom is -0.464 e. The Kier molecular flexibility index (Phi) is 5.05. The number of carbonyl (C=O) groups excluding carboxylic acids is 3. The zero-order chi connectivity index (χ0) is 21.5. The number of rotatable bonds is 4. The van der Waals surface area contributed by atoms with E-state index in [4.69, 9.17) is 4.74 Å². The summed E-state index contributed by atoms with van der Waals surface area (Å²) in [7, 11) is 1.21. The second-order valence-corrected chi connectivity index (χ2v) is 7.91. The molecule has 1 saturated carbocycles. The van der Waals surface area contributed by atoms with Gasteiger partial charge in [-0.1, -0.05) is 12.8 Å². The maximum Gasteiger partial charge on any atom is 0.359 e. The monoisotopic (exact) mass is 414 g/mol. The lowest BCUT2D eigenvalue weighted by Crippen LogP contribution is -2.65. The minimum absolute atomic E-state index is 0.0392. The highest BCUT2D eigenvalue weighted by molar-refractivity contribution is 6.15. The van der Waals surface area contributed by atoms with Gasteiger partial charge in [0.25, 0.3) is 5.91 Å².